The monoisotopic (exact) mass is 1120 g/mol. The second kappa shape index (κ2) is 31.2. The van der Waals surface area contributed by atoms with Gasteiger partial charge in [0.15, 0.2) is 11.7 Å². The summed E-state index contributed by atoms with van der Waals surface area (Å²) in [5, 5.41) is 39.4. The van der Waals surface area contributed by atoms with Gasteiger partial charge in [-0.25, -0.2) is 4.79 Å². The smallest absolute Gasteiger partial charge is 0.326 e. The van der Waals surface area contributed by atoms with E-state index in [1.165, 1.54) is 17.0 Å². The van der Waals surface area contributed by atoms with Crippen LogP contribution in [0.1, 0.15) is 92.4 Å². The van der Waals surface area contributed by atoms with Gasteiger partial charge >= 0.3 is 5.97 Å². The molecule has 1 saturated heterocycles. The number of rotatable bonds is 30. The van der Waals surface area contributed by atoms with Gasteiger partial charge in [-0.2, -0.15) is 0 Å². The third-order valence-corrected chi connectivity index (χ3v) is 14.0. The average molecular weight is 1120 g/mol. The quantitative estimate of drug-likeness (QED) is 0.0153. The Balaban J connectivity index is 1.43. The lowest BCUT2D eigenvalue weighted by Gasteiger charge is -2.32. The molecule has 0 saturated carbocycles. The average Bonchev–Trinajstić information content (AvgIpc) is 4.16. The number of amides is 7. The Kier molecular flexibility index (Phi) is 24.3. The Hall–Kier alpha value is -8.66. The van der Waals surface area contributed by atoms with Gasteiger partial charge in [-0.1, -0.05) is 131 Å². The molecule has 1 aliphatic rings. The zero-order chi connectivity index (χ0) is 59.2. The Morgan fingerprint density at radius 3 is 1.75 bits per heavy atom. The maximum absolute atomic E-state index is 15.0. The number of carboxylic acids is 1. The Morgan fingerprint density at radius 1 is 0.630 bits per heavy atom. The van der Waals surface area contributed by atoms with Crippen LogP contribution in [-0.2, 0) is 57.6 Å². The molecule has 0 aromatic heterocycles. The van der Waals surface area contributed by atoms with Crippen LogP contribution < -0.4 is 48.7 Å². The van der Waals surface area contributed by atoms with Gasteiger partial charge in [0.2, 0.25) is 41.4 Å². The Labute approximate surface area is 472 Å². The van der Waals surface area contributed by atoms with E-state index in [2.05, 4.69) is 42.2 Å². The number of aromatic hydroxyl groups is 1. The van der Waals surface area contributed by atoms with E-state index in [4.69, 9.17) is 11.5 Å². The van der Waals surface area contributed by atoms with Crippen molar-refractivity contribution in [3.05, 3.63) is 137 Å². The molecule has 0 unspecified atom stereocenters. The zero-order valence-corrected chi connectivity index (χ0v) is 46.5. The van der Waals surface area contributed by atoms with Crippen LogP contribution in [0.25, 0.3) is 0 Å². The van der Waals surface area contributed by atoms with Crippen molar-refractivity contribution in [3.63, 3.8) is 0 Å². The summed E-state index contributed by atoms with van der Waals surface area (Å²) in [7, 11) is 1.57. The number of nitrogens with zero attached hydrogens (tertiary/aromatic N) is 2. The van der Waals surface area contributed by atoms with Crippen LogP contribution in [0.15, 0.2) is 114 Å². The number of carboxylic acid groups (broad SMARTS) is 1. The highest BCUT2D eigenvalue weighted by atomic mass is 16.4. The number of hydrogen-bond donors (Lipinski definition) is 11. The lowest BCUT2D eigenvalue weighted by atomic mass is 9.95. The first kappa shape index (κ1) is 63.2. The lowest BCUT2D eigenvalue weighted by molar-refractivity contribution is -0.145. The molecule has 13 N–H and O–H groups in total. The first-order chi connectivity index (χ1) is 38.7. The minimum atomic E-state index is -1.39. The topological polar surface area (TPSA) is 346 Å². The van der Waals surface area contributed by atoms with Crippen LogP contribution in [-0.4, -0.2) is 143 Å². The molecule has 4 aromatic carbocycles. The zero-order valence-electron chi connectivity index (χ0n) is 46.5. The van der Waals surface area contributed by atoms with E-state index in [1.807, 2.05) is 0 Å². The molecule has 1 fully saturated rings. The van der Waals surface area contributed by atoms with Crippen molar-refractivity contribution in [1.82, 2.24) is 42.1 Å². The summed E-state index contributed by atoms with van der Waals surface area (Å²) in [6, 6.07) is 21.1. The summed E-state index contributed by atoms with van der Waals surface area (Å²) >= 11 is 0. The maximum Gasteiger partial charge on any atom is 0.326 e. The highest BCUT2D eigenvalue weighted by molar-refractivity contribution is 6.09. The molecule has 0 spiro atoms. The van der Waals surface area contributed by atoms with E-state index >= 15 is 0 Å². The number of carbonyl (C=O) groups excluding carboxylic acids is 8. The number of hydrogen-bond acceptors (Lipinski definition) is 12. The van der Waals surface area contributed by atoms with Crippen LogP contribution in [0, 0.1) is 11.8 Å². The summed E-state index contributed by atoms with van der Waals surface area (Å²) in [4.78, 5) is 131. The molecule has 1 heterocycles. The molecule has 8 atom stereocenters. The normalized spacial score (nSPS) is 15.5. The van der Waals surface area contributed by atoms with Crippen molar-refractivity contribution in [2.45, 2.75) is 121 Å². The predicted octanol–water partition coefficient (Wildman–Crippen LogP) is 1.61. The van der Waals surface area contributed by atoms with Gasteiger partial charge in [-0.05, 0) is 73.4 Å². The number of benzene rings is 4. The number of carbonyl (C=O) groups is 9. The molecule has 1 aliphatic heterocycles. The predicted molar refractivity (Wildman–Crippen MR) is 304 cm³/mol. The largest absolute Gasteiger partial charge is 0.508 e. The van der Waals surface area contributed by atoms with Crippen molar-refractivity contribution in [1.29, 1.82) is 0 Å². The fourth-order valence-electron chi connectivity index (χ4n) is 9.33. The number of nitrogens with two attached hydrogens (primary N) is 2. The van der Waals surface area contributed by atoms with Crippen LogP contribution >= 0.6 is 0 Å². The molecule has 434 valence electrons. The molecule has 5 rings (SSSR count). The van der Waals surface area contributed by atoms with Gasteiger partial charge in [0.1, 0.15) is 48.0 Å². The number of phenolic OH excluding ortho intramolecular Hbond substituents is 1. The van der Waals surface area contributed by atoms with Gasteiger partial charge in [0, 0.05) is 43.5 Å². The van der Waals surface area contributed by atoms with E-state index in [9.17, 15) is 53.4 Å². The molecular formula is C59H77N11O11. The number of likely N-dealkylation sites (tertiary alicyclic amines) is 1. The summed E-state index contributed by atoms with van der Waals surface area (Å²) in [5.41, 5.74) is 13.5. The molecule has 0 radical (unpaired) electrons. The summed E-state index contributed by atoms with van der Waals surface area (Å²) in [6.45, 7) is 7.07. The second-order valence-electron chi connectivity index (χ2n) is 20.6. The van der Waals surface area contributed by atoms with Gasteiger partial charge in [0.05, 0.1) is 6.54 Å². The van der Waals surface area contributed by atoms with Gasteiger partial charge < -0.3 is 63.8 Å². The molecule has 0 bridgehead atoms. The number of aliphatic imine (C=N–C) groups is 1. The third-order valence-electron chi connectivity index (χ3n) is 14.0. The molecule has 81 heavy (non-hydrogen) atoms. The van der Waals surface area contributed by atoms with Gasteiger partial charge in [0.25, 0.3) is 0 Å². The number of ketones is 1. The molecule has 22 nitrogen and oxygen atoms in total. The van der Waals surface area contributed by atoms with Crippen molar-refractivity contribution in [3.8, 4) is 5.75 Å². The van der Waals surface area contributed by atoms with E-state index in [1.54, 1.807) is 132 Å². The number of phenols is 1. The van der Waals surface area contributed by atoms with E-state index in [0.29, 0.717) is 47.1 Å². The second-order valence-corrected chi connectivity index (χ2v) is 20.6. The number of nitrogens with one attached hydrogen (secondary N) is 7. The fourth-order valence-corrected chi connectivity index (χ4v) is 9.33. The highest BCUT2D eigenvalue weighted by Gasteiger charge is 2.41. The minimum Gasteiger partial charge on any atom is -0.508 e. The van der Waals surface area contributed by atoms with Crippen LogP contribution in [0.4, 0.5) is 0 Å². The Morgan fingerprint density at radius 2 is 1.16 bits per heavy atom. The first-order valence-corrected chi connectivity index (χ1v) is 27.2. The third kappa shape index (κ3) is 19.3. The standard InChI is InChI=1S/C59H77N11O11/c1-6-36(4)50(69-53(75)44(31-39-23-27-42(71)28-24-39)65-55(77)49(35(2)3)68-52(74)43(64-48(72)34-62-5)19-13-29-63-59(60)61)56(78)66-45(32-38-21-25-41(26-22-38)51(73)40-17-11-8-12-18-40)57(79)70-30-14-20-47(70)54(76)67-46(58(80)81)33-37-15-9-7-10-16-37/h7-12,15-18,21-28,35-36,43-47,49-50,62,71H,6,13-14,19-20,29-34H2,1-5H3,(H,64,72)(H,65,77)(H,66,78)(H,67,76)(H,68,74)(H,69,75)(H,80,81)(H4,60,61,63)/t36-,43-,44-,45-,46-,47-,49-,50-/m0/s1. The van der Waals surface area contributed by atoms with Gasteiger partial charge in [-0.3, -0.25) is 43.3 Å². The first-order valence-electron chi connectivity index (χ1n) is 27.2. The minimum absolute atomic E-state index is 0.0104. The van der Waals surface area contributed by atoms with Crippen molar-refractivity contribution < 1.29 is 53.4 Å². The SMILES string of the molecule is CC[C@H](C)[C@H](NC(=O)[C@H](Cc1ccc(O)cc1)NC(=O)[C@@H](NC(=O)[C@H](CCCN=C(N)N)NC(=O)CNC)C(C)C)C(=O)N[C@@H](Cc1ccc(C(=O)c2ccccc2)cc1)C(=O)N1CCC[C@H]1C(=O)N[C@@H](Cc1ccccc1)C(=O)O. The summed E-state index contributed by atoms with van der Waals surface area (Å²) in [6.07, 6.45) is 1.09. The van der Waals surface area contributed by atoms with Crippen molar-refractivity contribution >= 4 is 59.1 Å². The fraction of sp³-hybridized carbons (Fsp3) is 0.424. The lowest BCUT2D eigenvalue weighted by Crippen LogP contribution is -2.62. The highest BCUT2D eigenvalue weighted by Crippen LogP contribution is 2.22. The van der Waals surface area contributed by atoms with Crippen LogP contribution in [0.5, 0.6) is 5.75 Å². The van der Waals surface area contributed by atoms with Crippen molar-refractivity contribution in [2.24, 2.45) is 28.3 Å². The van der Waals surface area contributed by atoms with Crippen molar-refractivity contribution in [2.75, 3.05) is 26.7 Å². The molecule has 0 aliphatic carbocycles. The molecule has 7 amide bonds. The van der Waals surface area contributed by atoms with E-state index in [0.717, 1.165) is 0 Å². The molecule has 4 aromatic rings. The Bertz CT molecular complexity index is 2810. The van der Waals surface area contributed by atoms with Gasteiger partial charge in [-0.15, -0.1) is 0 Å². The molecular weight excluding hydrogens is 1040 g/mol. The number of guanidine groups is 1. The van der Waals surface area contributed by atoms with Crippen LogP contribution in [0.3, 0.4) is 0 Å². The summed E-state index contributed by atoms with van der Waals surface area (Å²) in [5.74, 6) is -7.64. The van der Waals surface area contributed by atoms with Crippen LogP contribution in [0.2, 0.25) is 0 Å². The number of aliphatic carboxylic acids is 1. The summed E-state index contributed by atoms with van der Waals surface area (Å²) < 4.78 is 0. The van der Waals surface area contributed by atoms with E-state index < -0.39 is 101 Å². The molecule has 22 heteroatoms. The number of likely N-dealkylation sites (N-methyl/N-ethyl adjacent to an activating group) is 1. The van der Waals surface area contributed by atoms with E-state index in [-0.39, 0.29) is 69.2 Å². The maximum atomic E-state index is 15.0.